The molecule has 0 unspecified atom stereocenters. The van der Waals surface area contributed by atoms with E-state index in [0.717, 1.165) is 5.56 Å². The fourth-order valence-corrected chi connectivity index (χ4v) is 1.86. The van der Waals surface area contributed by atoms with Crippen molar-refractivity contribution >= 4 is 11.9 Å². The Hall–Kier alpha value is -2.63. The predicted octanol–water partition coefficient (Wildman–Crippen LogP) is 1.49. The summed E-state index contributed by atoms with van der Waals surface area (Å²) < 4.78 is 1.34. The summed E-state index contributed by atoms with van der Waals surface area (Å²) in [4.78, 5) is 16.7. The van der Waals surface area contributed by atoms with Crippen molar-refractivity contribution in [3.63, 3.8) is 0 Å². The molecule has 0 saturated heterocycles. The number of hydrogen-bond acceptors (Lipinski definition) is 5. The lowest BCUT2D eigenvalue weighted by Gasteiger charge is -2.11. The van der Waals surface area contributed by atoms with E-state index >= 15 is 0 Å². The molecule has 0 bridgehead atoms. The highest BCUT2D eigenvalue weighted by atomic mass is 16.6. The van der Waals surface area contributed by atoms with E-state index in [2.05, 4.69) is 15.1 Å². The van der Waals surface area contributed by atoms with Gasteiger partial charge in [0.15, 0.2) is 0 Å². The standard InChI is InChI=1S/C14H16N4O2/c1-3-18-14(19)12(15)11(9-16-20-2)13(17-18)10-7-5-4-6-8-10/h4-9H,3,15H2,1-2H3/b16-9+. The van der Waals surface area contributed by atoms with Crippen LogP contribution in [0.4, 0.5) is 5.69 Å². The van der Waals surface area contributed by atoms with Gasteiger partial charge >= 0.3 is 0 Å². The largest absolute Gasteiger partial charge is 0.399 e. The van der Waals surface area contributed by atoms with Gasteiger partial charge in [0.1, 0.15) is 18.5 Å². The van der Waals surface area contributed by atoms with Crippen molar-refractivity contribution < 1.29 is 4.84 Å². The topological polar surface area (TPSA) is 82.5 Å². The molecule has 2 rings (SSSR count). The molecule has 1 heterocycles. The lowest BCUT2D eigenvalue weighted by atomic mass is 10.1. The number of anilines is 1. The van der Waals surface area contributed by atoms with Gasteiger partial charge in [0.2, 0.25) is 0 Å². The molecular formula is C14H16N4O2. The van der Waals surface area contributed by atoms with Crippen LogP contribution in [0, 0.1) is 0 Å². The molecule has 0 saturated carbocycles. The second kappa shape index (κ2) is 6.01. The van der Waals surface area contributed by atoms with Crippen molar-refractivity contribution in [1.82, 2.24) is 9.78 Å². The predicted molar refractivity (Wildman–Crippen MR) is 78.6 cm³/mol. The summed E-state index contributed by atoms with van der Waals surface area (Å²) in [7, 11) is 1.43. The maximum absolute atomic E-state index is 12.0. The molecule has 0 aliphatic rings. The summed E-state index contributed by atoms with van der Waals surface area (Å²) in [5.74, 6) is 0. The average Bonchev–Trinajstić information content (AvgIpc) is 2.49. The Balaban J connectivity index is 2.73. The van der Waals surface area contributed by atoms with Crippen LogP contribution >= 0.6 is 0 Å². The van der Waals surface area contributed by atoms with E-state index in [1.807, 2.05) is 37.3 Å². The summed E-state index contributed by atoms with van der Waals surface area (Å²) >= 11 is 0. The first-order chi connectivity index (χ1) is 9.69. The van der Waals surface area contributed by atoms with Crippen LogP contribution in [-0.4, -0.2) is 23.1 Å². The number of nitrogen functional groups attached to an aromatic ring is 1. The first-order valence-electron chi connectivity index (χ1n) is 6.21. The fourth-order valence-electron chi connectivity index (χ4n) is 1.86. The van der Waals surface area contributed by atoms with E-state index in [9.17, 15) is 4.79 Å². The Bertz CT molecular complexity index is 678. The number of oxime groups is 1. The van der Waals surface area contributed by atoms with Gasteiger partial charge in [0, 0.05) is 12.1 Å². The van der Waals surface area contributed by atoms with Crippen molar-refractivity contribution in [3.8, 4) is 11.3 Å². The van der Waals surface area contributed by atoms with Crippen LogP contribution in [0.1, 0.15) is 12.5 Å². The third-order valence-corrected chi connectivity index (χ3v) is 2.86. The van der Waals surface area contributed by atoms with Gasteiger partial charge in [-0.15, -0.1) is 0 Å². The van der Waals surface area contributed by atoms with Gasteiger partial charge in [-0.05, 0) is 6.92 Å². The molecule has 0 aliphatic heterocycles. The van der Waals surface area contributed by atoms with E-state index < -0.39 is 0 Å². The summed E-state index contributed by atoms with van der Waals surface area (Å²) in [6.07, 6.45) is 1.41. The summed E-state index contributed by atoms with van der Waals surface area (Å²) in [6, 6.07) is 9.50. The highest BCUT2D eigenvalue weighted by Crippen LogP contribution is 2.21. The molecule has 6 nitrogen and oxygen atoms in total. The van der Waals surface area contributed by atoms with Crippen LogP contribution < -0.4 is 11.3 Å². The smallest absolute Gasteiger partial charge is 0.290 e. The molecule has 0 spiro atoms. The molecule has 0 amide bonds. The van der Waals surface area contributed by atoms with E-state index in [1.54, 1.807) is 0 Å². The molecule has 0 radical (unpaired) electrons. The molecule has 104 valence electrons. The van der Waals surface area contributed by atoms with Crippen molar-refractivity contribution in [2.45, 2.75) is 13.5 Å². The Kier molecular flexibility index (Phi) is 4.14. The van der Waals surface area contributed by atoms with Crippen LogP contribution in [0.25, 0.3) is 11.3 Å². The van der Waals surface area contributed by atoms with Gasteiger partial charge in [-0.3, -0.25) is 4.79 Å². The second-order valence-electron chi connectivity index (χ2n) is 4.08. The minimum Gasteiger partial charge on any atom is -0.399 e. The number of nitrogens with two attached hydrogens (primary N) is 1. The van der Waals surface area contributed by atoms with Crippen LogP contribution in [-0.2, 0) is 11.4 Å². The molecule has 1 aromatic carbocycles. The fraction of sp³-hybridized carbons (Fsp3) is 0.214. The minimum atomic E-state index is -0.329. The summed E-state index contributed by atoms with van der Waals surface area (Å²) in [6.45, 7) is 2.29. The van der Waals surface area contributed by atoms with Crippen molar-refractivity contribution in [2.75, 3.05) is 12.8 Å². The maximum Gasteiger partial charge on any atom is 0.290 e. The molecule has 2 aromatic rings. The van der Waals surface area contributed by atoms with E-state index in [4.69, 9.17) is 5.73 Å². The van der Waals surface area contributed by atoms with Gasteiger partial charge in [-0.25, -0.2) is 4.68 Å². The van der Waals surface area contributed by atoms with Gasteiger partial charge in [0.25, 0.3) is 5.56 Å². The van der Waals surface area contributed by atoms with E-state index in [-0.39, 0.29) is 11.2 Å². The van der Waals surface area contributed by atoms with E-state index in [1.165, 1.54) is 18.0 Å². The number of aryl methyl sites for hydroxylation is 1. The number of benzene rings is 1. The normalized spacial score (nSPS) is 10.9. The molecule has 2 N–H and O–H groups in total. The monoisotopic (exact) mass is 272 g/mol. The molecular weight excluding hydrogens is 256 g/mol. The Morgan fingerprint density at radius 3 is 2.70 bits per heavy atom. The van der Waals surface area contributed by atoms with Crippen LogP contribution in [0.2, 0.25) is 0 Å². The molecule has 6 heteroatoms. The molecule has 0 atom stereocenters. The highest BCUT2D eigenvalue weighted by molar-refractivity contribution is 5.94. The lowest BCUT2D eigenvalue weighted by Crippen LogP contribution is -2.27. The van der Waals surface area contributed by atoms with Crippen molar-refractivity contribution in [3.05, 3.63) is 46.2 Å². The first kappa shape index (κ1) is 13.8. The van der Waals surface area contributed by atoms with E-state index in [0.29, 0.717) is 17.8 Å². The molecule has 20 heavy (non-hydrogen) atoms. The van der Waals surface area contributed by atoms with Crippen LogP contribution in [0.5, 0.6) is 0 Å². The van der Waals surface area contributed by atoms with Crippen LogP contribution in [0.15, 0.2) is 40.3 Å². The highest BCUT2D eigenvalue weighted by Gasteiger charge is 2.14. The summed E-state index contributed by atoms with van der Waals surface area (Å²) in [5, 5.41) is 8.04. The zero-order chi connectivity index (χ0) is 14.5. The SMILES string of the molecule is CCn1nc(-c2ccccc2)c(/C=N/OC)c(N)c1=O. The number of rotatable bonds is 4. The zero-order valence-electron chi connectivity index (χ0n) is 11.4. The van der Waals surface area contributed by atoms with Crippen molar-refractivity contribution in [2.24, 2.45) is 5.16 Å². The molecule has 0 fully saturated rings. The maximum atomic E-state index is 12.0. The summed E-state index contributed by atoms with van der Waals surface area (Å²) in [5.41, 5.74) is 7.63. The van der Waals surface area contributed by atoms with Gasteiger partial charge in [0.05, 0.1) is 11.8 Å². The number of aromatic nitrogens is 2. The quantitative estimate of drug-likeness (QED) is 0.675. The minimum absolute atomic E-state index is 0.113. The van der Waals surface area contributed by atoms with Crippen LogP contribution in [0.3, 0.4) is 0 Å². The number of nitrogens with zero attached hydrogens (tertiary/aromatic N) is 3. The third-order valence-electron chi connectivity index (χ3n) is 2.86. The second-order valence-corrected chi connectivity index (χ2v) is 4.08. The third kappa shape index (κ3) is 2.54. The Labute approximate surface area is 116 Å². The Morgan fingerprint density at radius 1 is 1.40 bits per heavy atom. The Morgan fingerprint density at radius 2 is 2.10 bits per heavy atom. The first-order valence-corrected chi connectivity index (χ1v) is 6.21. The molecule has 0 aliphatic carbocycles. The number of hydrogen-bond donors (Lipinski definition) is 1. The molecule has 1 aromatic heterocycles. The van der Waals surface area contributed by atoms with Gasteiger partial charge in [-0.2, -0.15) is 5.10 Å². The lowest BCUT2D eigenvalue weighted by molar-refractivity contribution is 0.215. The zero-order valence-corrected chi connectivity index (χ0v) is 11.4. The van der Waals surface area contributed by atoms with Gasteiger partial charge < -0.3 is 10.6 Å². The van der Waals surface area contributed by atoms with Gasteiger partial charge in [-0.1, -0.05) is 35.5 Å². The van der Waals surface area contributed by atoms with Crippen molar-refractivity contribution in [1.29, 1.82) is 0 Å². The average molecular weight is 272 g/mol.